The van der Waals surface area contributed by atoms with Crippen molar-refractivity contribution in [2.24, 2.45) is 5.73 Å². The van der Waals surface area contributed by atoms with Crippen molar-refractivity contribution < 1.29 is 4.79 Å². The fraction of sp³-hybridized carbons (Fsp3) is 0.400. The second-order valence-corrected chi connectivity index (χ2v) is 4.86. The van der Waals surface area contributed by atoms with Crippen LogP contribution < -0.4 is 16.0 Å². The van der Waals surface area contributed by atoms with Crippen molar-refractivity contribution in [1.82, 2.24) is 0 Å². The van der Waals surface area contributed by atoms with Gasteiger partial charge < -0.3 is 16.0 Å². The molecule has 0 saturated carbocycles. The van der Waals surface area contributed by atoms with E-state index in [4.69, 9.17) is 5.73 Å². The summed E-state index contributed by atoms with van der Waals surface area (Å²) in [6, 6.07) is 7.39. The minimum Gasteiger partial charge on any atom is -0.371 e. The normalized spacial score (nSPS) is 16.2. The molecule has 0 bridgehead atoms. The highest BCUT2D eigenvalue weighted by molar-refractivity contribution is 5.95. The third-order valence-corrected chi connectivity index (χ3v) is 3.34. The van der Waals surface area contributed by atoms with E-state index in [1.54, 1.807) is 6.08 Å². The molecule has 4 nitrogen and oxygen atoms in total. The summed E-state index contributed by atoms with van der Waals surface area (Å²) in [6.07, 6.45) is 4.62. The molecule has 1 saturated heterocycles. The van der Waals surface area contributed by atoms with E-state index in [1.807, 2.05) is 18.2 Å². The van der Waals surface area contributed by atoms with Crippen LogP contribution in [0.25, 0.3) is 0 Å². The molecule has 1 unspecified atom stereocenters. The second-order valence-electron chi connectivity index (χ2n) is 4.86. The Balaban J connectivity index is 2.02. The predicted molar refractivity (Wildman–Crippen MR) is 79.3 cm³/mol. The molecule has 1 heterocycles. The maximum Gasteiger partial charge on any atom is 0.241 e. The molecule has 19 heavy (non-hydrogen) atoms. The van der Waals surface area contributed by atoms with Gasteiger partial charge in [0.2, 0.25) is 5.91 Å². The Morgan fingerprint density at radius 2 is 2.21 bits per heavy atom. The van der Waals surface area contributed by atoms with Crippen LogP contribution in [0.5, 0.6) is 0 Å². The highest BCUT2D eigenvalue weighted by Crippen LogP contribution is 2.23. The van der Waals surface area contributed by atoms with E-state index in [0.717, 1.165) is 24.5 Å². The van der Waals surface area contributed by atoms with E-state index in [1.165, 1.54) is 12.8 Å². The number of nitrogens with one attached hydrogen (secondary N) is 1. The van der Waals surface area contributed by atoms with Gasteiger partial charge in [-0.1, -0.05) is 12.1 Å². The van der Waals surface area contributed by atoms with Crippen molar-refractivity contribution in [2.45, 2.75) is 25.3 Å². The van der Waals surface area contributed by atoms with Gasteiger partial charge in [0.25, 0.3) is 0 Å². The summed E-state index contributed by atoms with van der Waals surface area (Å²) in [7, 11) is 0. The summed E-state index contributed by atoms with van der Waals surface area (Å²) in [5, 5.41) is 2.85. The number of hydrogen-bond donors (Lipinski definition) is 2. The lowest BCUT2D eigenvalue weighted by Gasteiger charge is -2.19. The number of nitrogens with zero attached hydrogens (tertiary/aromatic N) is 1. The molecular weight excluding hydrogens is 238 g/mol. The van der Waals surface area contributed by atoms with Gasteiger partial charge in [-0.15, -0.1) is 6.58 Å². The van der Waals surface area contributed by atoms with E-state index in [2.05, 4.69) is 22.9 Å². The topological polar surface area (TPSA) is 58.4 Å². The van der Waals surface area contributed by atoms with Crippen LogP contribution in [-0.4, -0.2) is 25.0 Å². The van der Waals surface area contributed by atoms with Gasteiger partial charge in [0.05, 0.1) is 6.04 Å². The molecule has 1 aromatic rings. The van der Waals surface area contributed by atoms with Gasteiger partial charge in [-0.25, -0.2) is 0 Å². The summed E-state index contributed by atoms with van der Waals surface area (Å²) < 4.78 is 0. The molecule has 1 aromatic carbocycles. The number of nitrogens with two attached hydrogens (primary N) is 1. The van der Waals surface area contributed by atoms with Crippen molar-refractivity contribution in [3.05, 3.63) is 36.9 Å². The highest BCUT2D eigenvalue weighted by atomic mass is 16.2. The molecule has 4 heteroatoms. The molecule has 1 atom stereocenters. The van der Waals surface area contributed by atoms with Crippen LogP contribution in [0.2, 0.25) is 0 Å². The fourth-order valence-corrected chi connectivity index (χ4v) is 2.28. The van der Waals surface area contributed by atoms with Gasteiger partial charge in [-0.3, -0.25) is 4.79 Å². The highest BCUT2D eigenvalue weighted by Gasteiger charge is 2.14. The first kappa shape index (κ1) is 13.6. The number of amides is 1. The Bertz CT molecular complexity index is 452. The molecule has 102 valence electrons. The zero-order valence-electron chi connectivity index (χ0n) is 11.1. The van der Waals surface area contributed by atoms with Crippen molar-refractivity contribution in [2.75, 3.05) is 23.3 Å². The fourth-order valence-electron chi connectivity index (χ4n) is 2.28. The summed E-state index contributed by atoms with van der Waals surface area (Å²) in [4.78, 5) is 14.2. The molecular formula is C15H21N3O. The maximum atomic E-state index is 11.8. The standard InChI is InChI=1S/C15H21N3O/c1-2-6-14(16)15(19)17-12-7-5-8-13(11-12)18-9-3-4-10-18/h2,5,7-8,11,14H,1,3-4,6,9-10,16H2,(H,17,19). The van der Waals surface area contributed by atoms with Gasteiger partial charge >= 0.3 is 0 Å². The Hall–Kier alpha value is -1.81. The molecule has 1 fully saturated rings. The molecule has 0 spiro atoms. The van der Waals surface area contributed by atoms with Crippen molar-refractivity contribution in [1.29, 1.82) is 0 Å². The molecule has 1 amide bonds. The predicted octanol–water partition coefficient (Wildman–Crippen LogP) is 2.13. The van der Waals surface area contributed by atoms with Crippen LogP contribution in [0.1, 0.15) is 19.3 Å². The molecule has 2 rings (SSSR count). The van der Waals surface area contributed by atoms with Crippen LogP contribution in [-0.2, 0) is 4.79 Å². The van der Waals surface area contributed by atoms with Crippen LogP contribution >= 0.6 is 0 Å². The first-order chi connectivity index (χ1) is 9.20. The molecule has 0 aliphatic carbocycles. The van der Waals surface area contributed by atoms with Crippen molar-refractivity contribution in [3.8, 4) is 0 Å². The maximum absolute atomic E-state index is 11.8. The van der Waals surface area contributed by atoms with Crippen LogP contribution in [0.15, 0.2) is 36.9 Å². The largest absolute Gasteiger partial charge is 0.371 e. The minimum atomic E-state index is -0.534. The average Bonchev–Trinajstić information content (AvgIpc) is 2.93. The number of carbonyl (C=O) groups excluding carboxylic acids is 1. The van der Waals surface area contributed by atoms with E-state index in [0.29, 0.717) is 6.42 Å². The number of hydrogen-bond acceptors (Lipinski definition) is 3. The average molecular weight is 259 g/mol. The zero-order chi connectivity index (χ0) is 13.7. The van der Waals surface area contributed by atoms with Crippen LogP contribution in [0, 0.1) is 0 Å². The molecule has 1 aliphatic heterocycles. The second kappa shape index (κ2) is 6.38. The van der Waals surface area contributed by atoms with Crippen LogP contribution in [0.3, 0.4) is 0 Å². The lowest BCUT2D eigenvalue weighted by atomic mass is 10.2. The third kappa shape index (κ3) is 3.58. The first-order valence-corrected chi connectivity index (χ1v) is 6.73. The lowest BCUT2D eigenvalue weighted by molar-refractivity contribution is -0.117. The molecule has 0 radical (unpaired) electrons. The smallest absolute Gasteiger partial charge is 0.241 e. The quantitative estimate of drug-likeness (QED) is 0.796. The van der Waals surface area contributed by atoms with E-state index in [9.17, 15) is 4.79 Å². The molecule has 1 aliphatic rings. The Morgan fingerprint density at radius 1 is 1.47 bits per heavy atom. The lowest BCUT2D eigenvalue weighted by Crippen LogP contribution is -2.35. The summed E-state index contributed by atoms with van der Waals surface area (Å²) in [6.45, 7) is 5.77. The zero-order valence-corrected chi connectivity index (χ0v) is 11.1. The van der Waals surface area contributed by atoms with Crippen molar-refractivity contribution in [3.63, 3.8) is 0 Å². The molecule has 3 N–H and O–H groups in total. The Labute approximate surface area is 114 Å². The molecule has 0 aromatic heterocycles. The summed E-state index contributed by atoms with van der Waals surface area (Å²) in [5.74, 6) is -0.168. The summed E-state index contributed by atoms with van der Waals surface area (Å²) >= 11 is 0. The first-order valence-electron chi connectivity index (χ1n) is 6.73. The Morgan fingerprint density at radius 3 is 2.89 bits per heavy atom. The number of carbonyl (C=O) groups is 1. The van der Waals surface area contributed by atoms with Gasteiger partial charge in [-0.2, -0.15) is 0 Å². The monoisotopic (exact) mass is 259 g/mol. The van der Waals surface area contributed by atoms with E-state index in [-0.39, 0.29) is 5.91 Å². The minimum absolute atomic E-state index is 0.168. The van der Waals surface area contributed by atoms with Gasteiger partial charge in [0, 0.05) is 24.5 Å². The number of benzene rings is 1. The van der Waals surface area contributed by atoms with E-state index < -0.39 is 6.04 Å². The van der Waals surface area contributed by atoms with Crippen molar-refractivity contribution >= 4 is 17.3 Å². The van der Waals surface area contributed by atoms with Gasteiger partial charge in [0.1, 0.15) is 0 Å². The van der Waals surface area contributed by atoms with Crippen LogP contribution in [0.4, 0.5) is 11.4 Å². The number of anilines is 2. The SMILES string of the molecule is C=CCC(N)C(=O)Nc1cccc(N2CCCC2)c1. The summed E-state index contributed by atoms with van der Waals surface area (Å²) in [5.41, 5.74) is 7.70. The Kier molecular flexibility index (Phi) is 4.58. The number of rotatable bonds is 5. The van der Waals surface area contributed by atoms with Gasteiger partial charge in [-0.05, 0) is 37.5 Å². The third-order valence-electron chi connectivity index (χ3n) is 3.34. The van der Waals surface area contributed by atoms with E-state index >= 15 is 0 Å². The van der Waals surface area contributed by atoms with Gasteiger partial charge in [0.15, 0.2) is 0 Å².